The van der Waals surface area contributed by atoms with Crippen molar-refractivity contribution in [3.8, 4) is 11.5 Å². The van der Waals surface area contributed by atoms with Crippen LogP contribution in [0.4, 0.5) is 0 Å². The van der Waals surface area contributed by atoms with Crippen molar-refractivity contribution in [2.24, 2.45) is 0 Å². The molecule has 1 aromatic carbocycles. The summed E-state index contributed by atoms with van der Waals surface area (Å²) in [6.45, 7) is 11.5. The van der Waals surface area contributed by atoms with Gasteiger partial charge in [0.15, 0.2) is 6.35 Å². The third kappa shape index (κ3) is 5.65. The number of ether oxygens (including phenoxy) is 2. The van der Waals surface area contributed by atoms with Crippen LogP contribution >= 0.6 is 0 Å². The average Bonchev–Trinajstić information content (AvgIpc) is 3.14. The summed E-state index contributed by atoms with van der Waals surface area (Å²) in [5.41, 5.74) is 5.97. The Kier molecular flexibility index (Phi) is 8.49. The molecule has 0 radical (unpaired) electrons. The fourth-order valence-electron chi connectivity index (χ4n) is 5.77. The zero-order chi connectivity index (χ0) is 26.7. The predicted octanol–water partition coefficient (Wildman–Crippen LogP) is 4.38. The van der Waals surface area contributed by atoms with Gasteiger partial charge in [0.2, 0.25) is 0 Å². The topological polar surface area (TPSA) is 81.3 Å². The number of allylic oxidation sites excluding steroid dienone is 2. The van der Waals surface area contributed by atoms with Gasteiger partial charge in [-0.05, 0) is 62.9 Å². The Morgan fingerprint density at radius 1 is 1.11 bits per heavy atom. The number of hydrogen-bond acceptors (Lipinski definition) is 6. The number of aryl methyl sites for hydroxylation is 2. The van der Waals surface area contributed by atoms with Crippen LogP contribution in [0.15, 0.2) is 30.0 Å². The molecule has 8 heteroatoms. The smallest absolute Gasteiger partial charge is 0.270 e. The standard InChI is InChI=1S/C29H42N4O4/c1-7-31-12-9-13-32(28(34)27-20(3)14-21(4)30-27)11-8-10-23-15-19(2)26-22(18-33(23)29(31)35)16-24(36-5)17-25(26)37-6/h14-17,19,29-30,35H,7-13,18H2,1-6H3. The van der Waals surface area contributed by atoms with Crippen molar-refractivity contribution < 1.29 is 19.4 Å². The maximum absolute atomic E-state index is 13.4. The quantitative estimate of drug-likeness (QED) is 0.636. The molecule has 0 saturated carbocycles. The van der Waals surface area contributed by atoms with Crippen LogP contribution in [0.25, 0.3) is 0 Å². The first-order valence-corrected chi connectivity index (χ1v) is 13.4. The molecule has 3 heterocycles. The lowest BCUT2D eigenvalue weighted by molar-refractivity contribution is -0.0997. The van der Waals surface area contributed by atoms with Gasteiger partial charge in [0.1, 0.15) is 17.2 Å². The summed E-state index contributed by atoms with van der Waals surface area (Å²) >= 11 is 0. The molecule has 1 amide bonds. The van der Waals surface area contributed by atoms with E-state index in [4.69, 9.17) is 9.47 Å². The predicted molar refractivity (Wildman–Crippen MR) is 145 cm³/mol. The number of aromatic amines is 1. The summed E-state index contributed by atoms with van der Waals surface area (Å²) in [5.74, 6) is 1.70. The van der Waals surface area contributed by atoms with Crippen LogP contribution in [0.3, 0.4) is 0 Å². The van der Waals surface area contributed by atoms with E-state index in [1.54, 1.807) is 14.2 Å². The second kappa shape index (κ2) is 11.6. The molecule has 2 atom stereocenters. The second-order valence-electron chi connectivity index (χ2n) is 10.2. The van der Waals surface area contributed by atoms with Crippen LogP contribution in [0.2, 0.25) is 0 Å². The number of carbonyl (C=O) groups is 1. The highest BCUT2D eigenvalue weighted by Crippen LogP contribution is 2.40. The number of carbonyl (C=O) groups excluding carboxylic acids is 1. The van der Waals surface area contributed by atoms with Crippen LogP contribution in [0.5, 0.6) is 11.5 Å². The summed E-state index contributed by atoms with van der Waals surface area (Å²) in [5, 5.41) is 11.6. The molecule has 1 saturated heterocycles. The van der Waals surface area contributed by atoms with Gasteiger partial charge in [-0.15, -0.1) is 0 Å². The van der Waals surface area contributed by atoms with Crippen molar-refractivity contribution in [1.82, 2.24) is 19.7 Å². The summed E-state index contributed by atoms with van der Waals surface area (Å²) < 4.78 is 11.3. The highest BCUT2D eigenvalue weighted by atomic mass is 16.5. The molecule has 1 aromatic heterocycles. The largest absolute Gasteiger partial charge is 0.497 e. The van der Waals surface area contributed by atoms with Gasteiger partial charge in [-0.25, -0.2) is 0 Å². The van der Waals surface area contributed by atoms with Crippen LogP contribution in [-0.2, 0) is 6.54 Å². The molecule has 4 rings (SSSR count). The van der Waals surface area contributed by atoms with Gasteiger partial charge in [0, 0.05) is 55.1 Å². The maximum atomic E-state index is 13.4. The van der Waals surface area contributed by atoms with Crippen LogP contribution in [0, 0.1) is 13.8 Å². The van der Waals surface area contributed by atoms with Crippen LogP contribution < -0.4 is 9.47 Å². The van der Waals surface area contributed by atoms with E-state index in [-0.39, 0.29) is 11.8 Å². The Morgan fingerprint density at radius 3 is 2.51 bits per heavy atom. The number of hydrogen-bond donors (Lipinski definition) is 2. The van der Waals surface area contributed by atoms with Gasteiger partial charge in [0.25, 0.3) is 5.91 Å². The molecule has 0 aliphatic carbocycles. The number of amides is 1. The molecule has 202 valence electrons. The zero-order valence-corrected chi connectivity index (χ0v) is 23.1. The molecule has 2 unspecified atom stereocenters. The molecule has 0 spiro atoms. The van der Waals surface area contributed by atoms with Crippen LogP contribution in [-0.4, -0.2) is 77.4 Å². The van der Waals surface area contributed by atoms with Gasteiger partial charge in [-0.3, -0.25) is 9.69 Å². The molecule has 2 aliphatic heterocycles. The monoisotopic (exact) mass is 510 g/mol. The molecule has 8 nitrogen and oxygen atoms in total. The lowest BCUT2D eigenvalue weighted by Gasteiger charge is -2.38. The van der Waals surface area contributed by atoms with Gasteiger partial charge in [-0.2, -0.15) is 0 Å². The van der Waals surface area contributed by atoms with Crippen LogP contribution in [0.1, 0.15) is 71.9 Å². The molecular weight excluding hydrogens is 468 g/mol. The van der Waals surface area contributed by atoms with Crippen molar-refractivity contribution in [3.63, 3.8) is 0 Å². The van der Waals surface area contributed by atoms with Gasteiger partial charge < -0.3 is 29.4 Å². The molecule has 2 N–H and O–H groups in total. The number of aliphatic hydroxyl groups is 1. The van der Waals surface area contributed by atoms with Gasteiger partial charge in [-0.1, -0.05) is 19.9 Å². The number of nitrogens with one attached hydrogen (secondary N) is 1. The lowest BCUT2D eigenvalue weighted by Crippen LogP contribution is -2.48. The van der Waals surface area contributed by atoms with Crippen molar-refractivity contribution in [2.75, 3.05) is 40.4 Å². The van der Waals surface area contributed by atoms with Crippen molar-refractivity contribution in [2.45, 2.75) is 65.8 Å². The minimum absolute atomic E-state index is 0.0535. The summed E-state index contributed by atoms with van der Waals surface area (Å²) in [7, 11) is 3.35. The zero-order valence-electron chi connectivity index (χ0n) is 23.1. The molecule has 37 heavy (non-hydrogen) atoms. The Labute approximate surface area is 220 Å². The van der Waals surface area contributed by atoms with Gasteiger partial charge in [0.05, 0.1) is 14.2 Å². The summed E-state index contributed by atoms with van der Waals surface area (Å²) in [6, 6.07) is 6.00. The average molecular weight is 511 g/mol. The number of fused-ring (bicyclic) bond motifs is 2. The Bertz CT molecular complexity index is 1140. The van der Waals surface area contributed by atoms with Crippen molar-refractivity contribution in [1.29, 1.82) is 0 Å². The first-order valence-electron chi connectivity index (χ1n) is 13.4. The second-order valence-corrected chi connectivity index (χ2v) is 10.2. The Balaban J connectivity index is 1.66. The number of nitrogens with zero attached hydrogens (tertiary/aromatic N) is 3. The third-order valence-corrected chi connectivity index (χ3v) is 7.66. The minimum atomic E-state index is -0.762. The maximum Gasteiger partial charge on any atom is 0.270 e. The molecule has 1 fully saturated rings. The third-order valence-electron chi connectivity index (χ3n) is 7.66. The Morgan fingerprint density at radius 2 is 1.86 bits per heavy atom. The van der Waals surface area contributed by atoms with E-state index in [1.165, 1.54) is 0 Å². The number of methoxy groups -OCH3 is 2. The lowest BCUT2D eigenvalue weighted by atomic mass is 9.94. The highest BCUT2D eigenvalue weighted by molar-refractivity contribution is 5.94. The Hall–Kier alpha value is -2.97. The highest BCUT2D eigenvalue weighted by Gasteiger charge is 2.31. The number of rotatable bonds is 4. The summed E-state index contributed by atoms with van der Waals surface area (Å²) in [4.78, 5) is 22.9. The number of aliphatic hydroxyl groups excluding tert-OH is 1. The molecule has 0 bridgehead atoms. The fourth-order valence-corrected chi connectivity index (χ4v) is 5.77. The van der Waals surface area contributed by atoms with Gasteiger partial charge >= 0.3 is 0 Å². The first-order chi connectivity index (χ1) is 17.8. The molecule has 2 aromatic rings. The minimum Gasteiger partial charge on any atom is -0.497 e. The van der Waals surface area contributed by atoms with Crippen molar-refractivity contribution >= 4 is 5.91 Å². The van der Waals surface area contributed by atoms with E-state index in [9.17, 15) is 9.90 Å². The first kappa shape index (κ1) is 27.1. The van der Waals surface area contributed by atoms with E-state index in [0.717, 1.165) is 58.8 Å². The summed E-state index contributed by atoms with van der Waals surface area (Å²) in [6.07, 6.45) is 3.85. The molecular formula is C29H42N4O4. The van der Waals surface area contributed by atoms with E-state index in [0.29, 0.717) is 38.4 Å². The number of H-pyrrole nitrogens is 1. The van der Waals surface area contributed by atoms with E-state index in [1.807, 2.05) is 30.9 Å². The fraction of sp³-hybridized carbons (Fsp3) is 0.552. The number of aromatic nitrogens is 1. The number of benzene rings is 1. The van der Waals surface area contributed by atoms with E-state index >= 15 is 0 Å². The van der Waals surface area contributed by atoms with E-state index < -0.39 is 6.35 Å². The SMILES string of the molecule is CCN1CCCN(C(=O)c2[nH]c(C)cc2C)CCCC2=CC(C)c3c(cc(OC)cc3OC)CN2C1O. The normalized spacial score (nSPS) is 21.3. The molecule has 2 aliphatic rings. The van der Waals surface area contributed by atoms with E-state index in [2.05, 4.69) is 40.8 Å². The van der Waals surface area contributed by atoms with Crippen molar-refractivity contribution in [3.05, 3.63) is 58.1 Å².